The van der Waals surface area contributed by atoms with Crippen LogP contribution in [0.4, 0.5) is 0 Å². The number of hydrogen-bond acceptors (Lipinski definition) is 5. The normalized spacial score (nSPS) is 10.5. The van der Waals surface area contributed by atoms with Gasteiger partial charge in [0.25, 0.3) is 0 Å². The van der Waals surface area contributed by atoms with Crippen LogP contribution in [0, 0.1) is 5.92 Å². The first-order valence-corrected chi connectivity index (χ1v) is 7.36. The molecular formula is C17H24O5. The summed E-state index contributed by atoms with van der Waals surface area (Å²) in [6.45, 7) is 6.01. The predicted octanol–water partition coefficient (Wildman–Crippen LogP) is 3.04. The summed E-state index contributed by atoms with van der Waals surface area (Å²) in [4.78, 5) is 24.2. The Hall–Kier alpha value is -2.04. The molecule has 0 aliphatic heterocycles. The van der Waals surface area contributed by atoms with E-state index in [1.165, 1.54) is 14.2 Å². The Morgan fingerprint density at radius 3 is 2.18 bits per heavy atom. The van der Waals surface area contributed by atoms with Crippen LogP contribution in [0.25, 0.3) is 0 Å². The molecule has 0 radical (unpaired) electrons. The van der Waals surface area contributed by atoms with Crippen LogP contribution < -0.4 is 9.47 Å². The molecule has 122 valence electrons. The lowest BCUT2D eigenvalue weighted by molar-refractivity contribution is -0.142. The van der Waals surface area contributed by atoms with Gasteiger partial charge in [0.2, 0.25) is 0 Å². The molecule has 1 aromatic rings. The van der Waals surface area contributed by atoms with E-state index in [0.29, 0.717) is 35.7 Å². The fourth-order valence-corrected chi connectivity index (χ4v) is 2.18. The second kappa shape index (κ2) is 8.41. The molecule has 1 aromatic carbocycles. The van der Waals surface area contributed by atoms with E-state index in [1.54, 1.807) is 19.1 Å². The zero-order chi connectivity index (χ0) is 16.7. The van der Waals surface area contributed by atoms with E-state index in [2.05, 4.69) is 0 Å². The summed E-state index contributed by atoms with van der Waals surface area (Å²) < 4.78 is 15.5. The molecule has 5 nitrogen and oxygen atoms in total. The molecule has 5 heteroatoms. The third-order valence-electron chi connectivity index (χ3n) is 3.14. The van der Waals surface area contributed by atoms with Gasteiger partial charge in [-0.15, -0.1) is 0 Å². The number of esters is 1. The van der Waals surface area contributed by atoms with Gasteiger partial charge < -0.3 is 14.2 Å². The number of rotatable bonds is 8. The minimum absolute atomic E-state index is 0.0183. The van der Waals surface area contributed by atoms with Crippen LogP contribution in [0.5, 0.6) is 11.5 Å². The highest BCUT2D eigenvalue weighted by Crippen LogP contribution is 2.32. The van der Waals surface area contributed by atoms with Crippen molar-refractivity contribution in [3.63, 3.8) is 0 Å². The quantitative estimate of drug-likeness (QED) is 0.545. The van der Waals surface area contributed by atoms with Gasteiger partial charge in [0.05, 0.1) is 27.2 Å². The molecule has 0 atom stereocenters. The number of methoxy groups -OCH3 is 2. The third-order valence-corrected chi connectivity index (χ3v) is 3.14. The van der Waals surface area contributed by atoms with Gasteiger partial charge in [0.15, 0.2) is 17.3 Å². The van der Waals surface area contributed by atoms with Gasteiger partial charge in [-0.3, -0.25) is 9.59 Å². The average Bonchev–Trinajstić information content (AvgIpc) is 2.46. The lowest BCUT2D eigenvalue weighted by Crippen LogP contribution is -2.13. The summed E-state index contributed by atoms with van der Waals surface area (Å²) in [5.41, 5.74) is 1.08. The largest absolute Gasteiger partial charge is 0.493 e. The number of carbonyl (C=O) groups excluding carboxylic acids is 2. The number of carbonyl (C=O) groups is 2. The van der Waals surface area contributed by atoms with Crippen molar-refractivity contribution in [2.75, 3.05) is 20.8 Å². The molecule has 0 saturated carbocycles. The maximum Gasteiger partial charge on any atom is 0.310 e. The average molecular weight is 308 g/mol. The van der Waals surface area contributed by atoms with Crippen molar-refractivity contribution >= 4 is 11.8 Å². The highest BCUT2D eigenvalue weighted by molar-refractivity contribution is 5.99. The van der Waals surface area contributed by atoms with E-state index in [4.69, 9.17) is 14.2 Å². The number of Topliss-reactive ketones (excluding diaryl/α,β-unsaturated/α-hetero) is 1. The van der Waals surface area contributed by atoms with Crippen molar-refractivity contribution in [3.8, 4) is 11.5 Å². The number of ether oxygens (including phenoxy) is 3. The maximum absolute atomic E-state index is 12.4. The molecule has 0 fully saturated rings. The summed E-state index contributed by atoms with van der Waals surface area (Å²) in [6, 6.07) is 3.31. The van der Waals surface area contributed by atoms with Crippen molar-refractivity contribution in [1.82, 2.24) is 0 Å². The molecule has 0 heterocycles. The highest BCUT2D eigenvalue weighted by atomic mass is 16.5. The third kappa shape index (κ3) is 4.76. The molecular weight excluding hydrogens is 284 g/mol. The molecule has 22 heavy (non-hydrogen) atoms. The van der Waals surface area contributed by atoms with Crippen LogP contribution in [-0.4, -0.2) is 32.6 Å². The summed E-state index contributed by atoms with van der Waals surface area (Å²) in [5.74, 6) is 0.810. The topological polar surface area (TPSA) is 61.8 Å². The summed E-state index contributed by atoms with van der Waals surface area (Å²) >= 11 is 0. The van der Waals surface area contributed by atoms with Crippen molar-refractivity contribution in [1.29, 1.82) is 0 Å². The lowest BCUT2D eigenvalue weighted by Gasteiger charge is -2.15. The van der Waals surface area contributed by atoms with Gasteiger partial charge >= 0.3 is 5.97 Å². The minimum atomic E-state index is -0.367. The zero-order valence-corrected chi connectivity index (χ0v) is 13.9. The second-order valence-corrected chi connectivity index (χ2v) is 5.37. The van der Waals surface area contributed by atoms with Gasteiger partial charge in [-0.2, -0.15) is 0 Å². The Balaban J connectivity index is 3.24. The summed E-state index contributed by atoms with van der Waals surface area (Å²) in [7, 11) is 3.03. The number of hydrogen-bond donors (Lipinski definition) is 0. The molecule has 0 aromatic heterocycles. The first-order chi connectivity index (χ1) is 10.4. The Kier molecular flexibility index (Phi) is 6.89. The van der Waals surface area contributed by atoms with Crippen LogP contribution in [0.15, 0.2) is 12.1 Å². The van der Waals surface area contributed by atoms with Crippen LogP contribution in [-0.2, 0) is 16.0 Å². The van der Waals surface area contributed by atoms with Crippen LogP contribution in [0.3, 0.4) is 0 Å². The van der Waals surface area contributed by atoms with Crippen molar-refractivity contribution in [2.45, 2.75) is 33.6 Å². The van der Waals surface area contributed by atoms with Crippen LogP contribution >= 0.6 is 0 Å². The summed E-state index contributed by atoms with van der Waals surface area (Å²) in [6.07, 6.45) is 0.443. The van der Waals surface area contributed by atoms with E-state index in [0.717, 1.165) is 0 Å². The Labute approximate surface area is 131 Å². The highest BCUT2D eigenvalue weighted by Gasteiger charge is 2.19. The van der Waals surface area contributed by atoms with E-state index in [-0.39, 0.29) is 24.1 Å². The number of benzene rings is 1. The fraction of sp³-hybridized carbons (Fsp3) is 0.529. The molecule has 0 aliphatic carbocycles. The first kappa shape index (κ1) is 18.0. The van der Waals surface area contributed by atoms with Gasteiger partial charge in [-0.05, 0) is 30.5 Å². The molecule has 0 bridgehead atoms. The van der Waals surface area contributed by atoms with Gasteiger partial charge in [0, 0.05) is 12.0 Å². The molecule has 0 spiro atoms. The van der Waals surface area contributed by atoms with Gasteiger partial charge in [-0.1, -0.05) is 13.8 Å². The molecule has 0 saturated heterocycles. The molecule has 0 amide bonds. The fourth-order valence-electron chi connectivity index (χ4n) is 2.18. The van der Waals surface area contributed by atoms with Crippen molar-refractivity contribution in [2.24, 2.45) is 5.92 Å². The Morgan fingerprint density at radius 2 is 1.68 bits per heavy atom. The van der Waals surface area contributed by atoms with E-state index in [1.807, 2.05) is 13.8 Å². The van der Waals surface area contributed by atoms with Crippen molar-refractivity contribution < 1.29 is 23.8 Å². The Morgan fingerprint density at radius 1 is 1.09 bits per heavy atom. The van der Waals surface area contributed by atoms with E-state index >= 15 is 0 Å². The zero-order valence-electron chi connectivity index (χ0n) is 13.9. The summed E-state index contributed by atoms with van der Waals surface area (Å²) in [5, 5.41) is 0. The second-order valence-electron chi connectivity index (χ2n) is 5.37. The molecule has 0 unspecified atom stereocenters. The van der Waals surface area contributed by atoms with Crippen LogP contribution in [0.1, 0.15) is 43.1 Å². The van der Waals surface area contributed by atoms with E-state index in [9.17, 15) is 9.59 Å². The standard InChI is InChI=1S/C17H24O5/c1-6-22-17(19)9-12-8-15(20-4)16(21-5)10-13(12)14(18)7-11(2)3/h8,10-11H,6-7,9H2,1-5H3. The predicted molar refractivity (Wildman–Crippen MR) is 83.7 cm³/mol. The smallest absolute Gasteiger partial charge is 0.310 e. The van der Waals surface area contributed by atoms with Gasteiger partial charge in [-0.25, -0.2) is 0 Å². The van der Waals surface area contributed by atoms with E-state index < -0.39 is 0 Å². The lowest BCUT2D eigenvalue weighted by atomic mass is 9.95. The Bertz CT molecular complexity index is 534. The first-order valence-electron chi connectivity index (χ1n) is 7.36. The van der Waals surface area contributed by atoms with Crippen molar-refractivity contribution in [3.05, 3.63) is 23.3 Å². The minimum Gasteiger partial charge on any atom is -0.493 e. The SMILES string of the molecule is CCOC(=O)Cc1cc(OC)c(OC)cc1C(=O)CC(C)C. The maximum atomic E-state index is 12.4. The molecule has 1 rings (SSSR count). The molecule has 0 N–H and O–H groups in total. The molecule has 0 aliphatic rings. The number of ketones is 1. The monoisotopic (exact) mass is 308 g/mol. The van der Waals surface area contributed by atoms with Crippen LogP contribution in [0.2, 0.25) is 0 Å². The van der Waals surface area contributed by atoms with Gasteiger partial charge in [0.1, 0.15) is 0 Å².